The number of rotatable bonds is 13. The number of thiophene rings is 1. The standard InChI is InChI=1S/C44H47ClFN6O7PS/c1-3-18-58-43(56)26(2)50-60(57,59-32-9-5-4-6-10-32)39(46)27-12-15-37-28(19-27)21-38(61-37)40(53)49-35-11-7-8-31-13-14-36(52(31)41(35)54)42(55)51-25-33(29-20-30(45)24-48-23-29)34(22-47)44(51)16-17-44/h4-6,9-10,12,15,19-21,23-24,26,31,33-36,39H,3,7-8,11,13-14,16-18,25H2,1-2H3,(H,49,53)(H,50,57)/t26-,31-,33+,34+,35-,36-,39+,60?/m0/s1. The van der Waals surface area contributed by atoms with Crippen LogP contribution in [0.3, 0.4) is 0 Å². The largest absolute Gasteiger partial charge is 0.465 e. The lowest BCUT2D eigenvalue weighted by atomic mass is 9.85. The van der Waals surface area contributed by atoms with Gasteiger partial charge in [0.15, 0.2) is 0 Å². The van der Waals surface area contributed by atoms with Crippen molar-refractivity contribution >= 4 is 64.2 Å². The number of halogens is 2. The van der Waals surface area contributed by atoms with Crippen molar-refractivity contribution in [1.82, 2.24) is 25.2 Å². The fraction of sp³-hybridized carbons (Fsp3) is 0.455. The minimum atomic E-state index is -4.46. The third-order valence-electron chi connectivity index (χ3n) is 12.4. The Kier molecular flexibility index (Phi) is 12.3. The zero-order valence-electron chi connectivity index (χ0n) is 33.8. The summed E-state index contributed by atoms with van der Waals surface area (Å²) in [5.74, 6) is -4.39. The van der Waals surface area contributed by atoms with E-state index in [4.69, 9.17) is 20.9 Å². The van der Waals surface area contributed by atoms with Gasteiger partial charge in [-0.15, -0.1) is 11.3 Å². The number of para-hydroxylation sites is 1. The van der Waals surface area contributed by atoms with Crippen molar-refractivity contribution in [3.05, 3.63) is 94.1 Å². The molecule has 0 radical (unpaired) electrons. The number of nitrogens with zero attached hydrogens (tertiary/aromatic N) is 4. The molecule has 61 heavy (non-hydrogen) atoms. The Bertz CT molecular complexity index is 2430. The van der Waals surface area contributed by atoms with Gasteiger partial charge in [-0.3, -0.25) is 28.7 Å². The molecule has 5 heterocycles. The number of nitriles is 1. The van der Waals surface area contributed by atoms with Gasteiger partial charge >= 0.3 is 13.5 Å². The Morgan fingerprint density at radius 1 is 1.10 bits per heavy atom. The van der Waals surface area contributed by atoms with Crippen LogP contribution >= 0.6 is 30.5 Å². The Hall–Kier alpha value is -4.87. The molecule has 2 N–H and O–H groups in total. The molecule has 2 aromatic heterocycles. The van der Waals surface area contributed by atoms with Crippen LogP contribution in [0, 0.1) is 17.2 Å². The fourth-order valence-electron chi connectivity index (χ4n) is 9.27. The highest BCUT2D eigenvalue weighted by Crippen LogP contribution is 2.59. The highest BCUT2D eigenvalue weighted by Gasteiger charge is 2.64. The molecule has 2 aromatic carbocycles. The maximum atomic E-state index is 16.5. The molecule has 3 aliphatic heterocycles. The predicted molar refractivity (Wildman–Crippen MR) is 228 cm³/mol. The lowest BCUT2D eigenvalue weighted by molar-refractivity contribution is -0.147. The number of hydrogen-bond donors (Lipinski definition) is 2. The van der Waals surface area contributed by atoms with Crippen molar-refractivity contribution in [2.45, 2.75) is 107 Å². The Labute approximate surface area is 362 Å². The second-order valence-electron chi connectivity index (χ2n) is 16.4. The molecule has 1 spiro atoms. The van der Waals surface area contributed by atoms with Crippen LogP contribution in [-0.4, -0.2) is 81.3 Å². The van der Waals surface area contributed by atoms with Gasteiger partial charge in [0.2, 0.25) is 17.7 Å². The SMILES string of the molecule is CCCOC(=O)[C@H](C)NP(=O)(Oc1ccccc1)[C@@H](F)c1ccc2sc(C(=O)N[C@H]3CCC[C@H]4CC[C@@H](C(=O)N5C[C@H](c6cncc(Cl)c6)[C@@H](C#N)C56CC6)N4C3=O)cc2c1. The summed E-state index contributed by atoms with van der Waals surface area (Å²) >= 11 is 7.43. The maximum Gasteiger partial charge on any atom is 0.355 e. The summed E-state index contributed by atoms with van der Waals surface area (Å²) in [7, 11) is -4.46. The molecule has 13 nitrogen and oxygen atoms in total. The lowest BCUT2D eigenvalue weighted by Gasteiger charge is -2.35. The Balaban J connectivity index is 0.981. The van der Waals surface area contributed by atoms with Gasteiger partial charge in [0, 0.05) is 35.6 Å². The van der Waals surface area contributed by atoms with Gasteiger partial charge in [-0.1, -0.05) is 42.8 Å². The summed E-state index contributed by atoms with van der Waals surface area (Å²) in [5, 5.41) is 16.8. The third-order valence-corrected chi connectivity index (χ3v) is 15.8. The zero-order valence-corrected chi connectivity index (χ0v) is 36.3. The Morgan fingerprint density at radius 2 is 1.89 bits per heavy atom. The normalized spacial score (nSPS) is 24.9. The molecule has 3 saturated heterocycles. The van der Waals surface area contributed by atoms with Gasteiger partial charge in [-0.2, -0.15) is 5.26 Å². The molecule has 3 amide bonds. The van der Waals surface area contributed by atoms with Crippen LogP contribution in [0.2, 0.25) is 5.02 Å². The van der Waals surface area contributed by atoms with E-state index in [0.29, 0.717) is 73.0 Å². The summed E-state index contributed by atoms with van der Waals surface area (Å²) in [5.41, 5.74) is 0.229. The van der Waals surface area contributed by atoms with E-state index in [0.717, 1.165) is 5.56 Å². The average molecular weight is 889 g/mol. The van der Waals surface area contributed by atoms with Gasteiger partial charge in [0.1, 0.15) is 23.9 Å². The number of aromatic nitrogens is 1. The molecule has 4 aliphatic rings. The minimum absolute atomic E-state index is 0.00972. The van der Waals surface area contributed by atoms with Crippen LogP contribution in [0.15, 0.2) is 73.1 Å². The lowest BCUT2D eigenvalue weighted by Crippen LogP contribution is -2.56. The molecule has 0 bridgehead atoms. The van der Waals surface area contributed by atoms with E-state index in [1.165, 1.54) is 48.7 Å². The van der Waals surface area contributed by atoms with Crippen LogP contribution < -0.4 is 14.9 Å². The first-order valence-electron chi connectivity index (χ1n) is 20.8. The topological polar surface area (TPSA) is 171 Å². The van der Waals surface area contributed by atoms with E-state index in [9.17, 15) is 29.0 Å². The average Bonchev–Trinajstić information content (AvgIpc) is 3.62. The summed E-state index contributed by atoms with van der Waals surface area (Å²) in [6, 6.07) is 15.7. The number of pyridine rings is 1. The number of benzene rings is 2. The summed E-state index contributed by atoms with van der Waals surface area (Å²) in [4.78, 5) is 63.4. The molecule has 320 valence electrons. The second kappa shape index (κ2) is 17.5. The molecule has 8 atom stereocenters. The molecular formula is C44H47ClFN6O7PS. The van der Waals surface area contributed by atoms with Crippen molar-refractivity contribution in [3.8, 4) is 11.8 Å². The van der Waals surface area contributed by atoms with Crippen LogP contribution in [-0.2, 0) is 23.7 Å². The summed E-state index contributed by atoms with van der Waals surface area (Å²) in [6.07, 6.45) is 8.18. The predicted octanol–water partition coefficient (Wildman–Crippen LogP) is 8.06. The number of nitrogens with one attached hydrogen (secondary N) is 2. The number of ether oxygens (including phenoxy) is 1. The van der Waals surface area contributed by atoms with E-state index in [1.54, 1.807) is 47.5 Å². The monoisotopic (exact) mass is 888 g/mol. The fourth-order valence-corrected chi connectivity index (χ4v) is 12.3. The summed E-state index contributed by atoms with van der Waals surface area (Å²) in [6.45, 7) is 3.75. The van der Waals surface area contributed by atoms with Gasteiger partial charge < -0.3 is 24.4 Å². The molecule has 17 heteroatoms. The summed E-state index contributed by atoms with van der Waals surface area (Å²) < 4.78 is 42.5. The van der Waals surface area contributed by atoms with Crippen molar-refractivity contribution in [3.63, 3.8) is 0 Å². The molecule has 1 saturated carbocycles. The number of carbonyl (C=O) groups excluding carboxylic acids is 4. The highest BCUT2D eigenvalue weighted by atomic mass is 35.5. The van der Waals surface area contributed by atoms with Gasteiger partial charge in [0.25, 0.3) is 5.91 Å². The molecule has 8 rings (SSSR count). The number of alkyl halides is 1. The molecule has 1 aliphatic carbocycles. The van der Waals surface area contributed by atoms with Gasteiger partial charge in [-0.05, 0) is 111 Å². The number of likely N-dealkylation sites (tertiary alicyclic amines) is 1. The first-order valence-corrected chi connectivity index (χ1v) is 23.7. The third kappa shape index (κ3) is 8.40. The first kappa shape index (κ1) is 42.8. The van der Waals surface area contributed by atoms with Gasteiger partial charge in [0.05, 0.1) is 34.0 Å². The van der Waals surface area contributed by atoms with E-state index < -0.39 is 54.9 Å². The smallest absolute Gasteiger partial charge is 0.355 e. The minimum Gasteiger partial charge on any atom is -0.465 e. The quantitative estimate of drug-likeness (QED) is 0.0989. The van der Waals surface area contributed by atoms with Crippen LogP contribution in [0.5, 0.6) is 5.75 Å². The molecule has 4 aromatic rings. The Morgan fingerprint density at radius 3 is 2.61 bits per heavy atom. The van der Waals surface area contributed by atoms with Crippen LogP contribution in [0.25, 0.3) is 10.1 Å². The first-order chi connectivity index (χ1) is 29.4. The van der Waals surface area contributed by atoms with E-state index in [2.05, 4.69) is 21.5 Å². The van der Waals surface area contributed by atoms with Crippen LogP contribution in [0.4, 0.5) is 4.39 Å². The van der Waals surface area contributed by atoms with Crippen molar-refractivity contribution < 1.29 is 37.4 Å². The van der Waals surface area contributed by atoms with Crippen molar-refractivity contribution in [1.29, 1.82) is 5.26 Å². The van der Waals surface area contributed by atoms with Crippen molar-refractivity contribution in [2.24, 2.45) is 5.92 Å². The second-order valence-corrected chi connectivity index (χ2v) is 20.0. The highest BCUT2D eigenvalue weighted by molar-refractivity contribution is 7.57. The molecule has 1 unspecified atom stereocenters. The number of carbonyl (C=O) groups is 4. The van der Waals surface area contributed by atoms with Crippen LogP contribution in [0.1, 0.15) is 97.8 Å². The van der Waals surface area contributed by atoms with E-state index in [-0.39, 0.29) is 46.6 Å². The van der Waals surface area contributed by atoms with E-state index in [1.807, 2.05) is 11.8 Å². The maximum absolute atomic E-state index is 16.5. The van der Waals surface area contributed by atoms with Crippen molar-refractivity contribution in [2.75, 3.05) is 13.2 Å². The zero-order chi connectivity index (χ0) is 43.1. The number of esters is 1. The number of amides is 3. The number of fused-ring (bicyclic) bond motifs is 2. The number of hydrogen-bond acceptors (Lipinski definition) is 10. The van der Waals surface area contributed by atoms with Gasteiger partial charge in [-0.25, -0.2) is 9.48 Å². The van der Waals surface area contributed by atoms with E-state index >= 15 is 4.39 Å². The molecule has 4 fully saturated rings. The molecular weight excluding hydrogens is 842 g/mol.